The number of likely N-dealkylation sites (tertiary alicyclic amines) is 1. The first-order valence-electron chi connectivity index (χ1n) is 9.59. The minimum absolute atomic E-state index is 0.00600. The van der Waals surface area contributed by atoms with Crippen molar-refractivity contribution < 1.29 is 19.5 Å². The number of benzene rings is 1. The number of fused-ring (bicyclic) bond motifs is 1. The van der Waals surface area contributed by atoms with Gasteiger partial charge in [0.05, 0.1) is 5.41 Å². The Morgan fingerprint density at radius 3 is 2.67 bits per heavy atom. The van der Waals surface area contributed by atoms with E-state index >= 15 is 0 Å². The summed E-state index contributed by atoms with van der Waals surface area (Å²) in [6, 6.07) is 8.53. The summed E-state index contributed by atoms with van der Waals surface area (Å²) in [7, 11) is 0. The van der Waals surface area contributed by atoms with Crippen molar-refractivity contribution in [3.05, 3.63) is 30.3 Å². The molecule has 4 rings (SSSR count). The molecule has 7 nitrogen and oxygen atoms in total. The van der Waals surface area contributed by atoms with Gasteiger partial charge in [-0.1, -0.05) is 24.6 Å². The molecule has 1 aliphatic carbocycles. The standard InChI is InChI=1S/C20H25N3O4/c1-13-10-16(17(24)23(13)15-7-3-2-4-8-15)21-19(27)22-11-14-6-5-9-20(14,12-22)18(25)26/h2-4,7-8,13-14,16H,5-6,9-12H2,1H3,(H,21,27)(H,25,26)/t13?,14-,16?,20+/m0/s1. The van der Waals surface area contributed by atoms with Gasteiger partial charge in [-0.25, -0.2) is 4.79 Å². The fourth-order valence-electron chi connectivity index (χ4n) is 5.06. The second-order valence-electron chi connectivity index (χ2n) is 8.06. The predicted octanol–water partition coefficient (Wildman–Crippen LogP) is 2.08. The molecule has 4 atom stereocenters. The lowest BCUT2D eigenvalue weighted by Gasteiger charge is -2.24. The van der Waals surface area contributed by atoms with Crippen molar-refractivity contribution in [1.29, 1.82) is 0 Å². The Hall–Kier alpha value is -2.57. The van der Waals surface area contributed by atoms with Gasteiger partial charge in [0, 0.05) is 24.8 Å². The van der Waals surface area contributed by atoms with Gasteiger partial charge in [0.2, 0.25) is 5.91 Å². The van der Waals surface area contributed by atoms with E-state index in [0.717, 1.165) is 18.5 Å². The minimum atomic E-state index is -0.805. The number of carbonyl (C=O) groups is 3. The highest BCUT2D eigenvalue weighted by Crippen LogP contribution is 2.48. The molecule has 3 amide bonds. The van der Waals surface area contributed by atoms with E-state index in [9.17, 15) is 19.5 Å². The second-order valence-corrected chi connectivity index (χ2v) is 8.06. The Morgan fingerprint density at radius 2 is 2.00 bits per heavy atom. The first kappa shape index (κ1) is 17.8. The number of nitrogens with zero attached hydrogens (tertiary/aromatic N) is 2. The molecule has 144 valence electrons. The maximum Gasteiger partial charge on any atom is 0.318 e. The van der Waals surface area contributed by atoms with Crippen molar-refractivity contribution >= 4 is 23.6 Å². The van der Waals surface area contributed by atoms with Gasteiger partial charge in [-0.3, -0.25) is 9.59 Å². The molecule has 2 heterocycles. The fourth-order valence-corrected chi connectivity index (χ4v) is 5.06. The van der Waals surface area contributed by atoms with E-state index < -0.39 is 17.4 Å². The maximum absolute atomic E-state index is 12.8. The van der Waals surface area contributed by atoms with Crippen LogP contribution >= 0.6 is 0 Å². The van der Waals surface area contributed by atoms with Crippen LogP contribution in [0.3, 0.4) is 0 Å². The number of hydrogen-bond acceptors (Lipinski definition) is 3. The van der Waals surface area contributed by atoms with Crippen molar-refractivity contribution in [2.75, 3.05) is 18.0 Å². The molecule has 27 heavy (non-hydrogen) atoms. The third kappa shape index (κ3) is 2.85. The van der Waals surface area contributed by atoms with Crippen LogP contribution in [0.4, 0.5) is 10.5 Å². The lowest BCUT2D eigenvalue weighted by atomic mass is 9.81. The van der Waals surface area contributed by atoms with Crippen LogP contribution in [0.15, 0.2) is 30.3 Å². The van der Waals surface area contributed by atoms with Crippen molar-refractivity contribution in [2.45, 2.75) is 44.7 Å². The average molecular weight is 371 g/mol. The average Bonchev–Trinajstić information content (AvgIpc) is 3.27. The Kier molecular flexibility index (Phi) is 4.32. The van der Waals surface area contributed by atoms with Crippen LogP contribution in [0.2, 0.25) is 0 Å². The van der Waals surface area contributed by atoms with Crippen molar-refractivity contribution in [3.8, 4) is 0 Å². The summed E-state index contributed by atoms with van der Waals surface area (Å²) in [6.45, 7) is 2.66. The number of amides is 3. The van der Waals surface area contributed by atoms with Crippen LogP contribution in [0.25, 0.3) is 0 Å². The zero-order valence-electron chi connectivity index (χ0n) is 15.4. The number of rotatable bonds is 3. The molecule has 0 bridgehead atoms. The SMILES string of the molecule is CC1CC(NC(=O)N2C[C@@H]3CCC[C@@]3(C(=O)O)C2)C(=O)N1c1ccccc1. The van der Waals surface area contributed by atoms with E-state index in [0.29, 0.717) is 19.4 Å². The van der Waals surface area contributed by atoms with Crippen LogP contribution in [-0.2, 0) is 9.59 Å². The lowest BCUT2D eigenvalue weighted by Crippen LogP contribution is -2.48. The lowest BCUT2D eigenvalue weighted by molar-refractivity contribution is -0.149. The topological polar surface area (TPSA) is 90.0 Å². The minimum Gasteiger partial charge on any atom is -0.481 e. The van der Waals surface area contributed by atoms with Crippen molar-refractivity contribution in [3.63, 3.8) is 0 Å². The Labute approximate surface area is 158 Å². The number of carbonyl (C=O) groups excluding carboxylic acids is 2. The highest BCUT2D eigenvalue weighted by molar-refractivity contribution is 6.01. The molecule has 2 unspecified atom stereocenters. The van der Waals surface area contributed by atoms with Gasteiger partial charge in [0.25, 0.3) is 0 Å². The second kappa shape index (κ2) is 6.55. The van der Waals surface area contributed by atoms with E-state index in [4.69, 9.17) is 0 Å². The Morgan fingerprint density at radius 1 is 1.26 bits per heavy atom. The molecule has 1 aromatic rings. The highest BCUT2D eigenvalue weighted by Gasteiger charge is 2.56. The Balaban J connectivity index is 1.44. The fraction of sp³-hybridized carbons (Fsp3) is 0.550. The van der Waals surface area contributed by atoms with E-state index in [2.05, 4.69) is 5.32 Å². The summed E-state index contributed by atoms with van der Waals surface area (Å²) in [6.07, 6.45) is 2.91. The molecule has 1 saturated carbocycles. The zero-order valence-corrected chi connectivity index (χ0v) is 15.4. The van der Waals surface area contributed by atoms with Crippen LogP contribution in [0.5, 0.6) is 0 Å². The number of nitrogens with one attached hydrogen (secondary N) is 1. The van der Waals surface area contributed by atoms with E-state index in [1.807, 2.05) is 37.3 Å². The molecule has 2 saturated heterocycles. The summed E-state index contributed by atoms with van der Waals surface area (Å²) < 4.78 is 0. The van der Waals surface area contributed by atoms with Crippen LogP contribution in [0.1, 0.15) is 32.6 Å². The molecule has 1 aromatic carbocycles. The third-order valence-electron chi connectivity index (χ3n) is 6.47. The van der Waals surface area contributed by atoms with Gasteiger partial charge in [0.1, 0.15) is 6.04 Å². The van der Waals surface area contributed by atoms with Gasteiger partial charge >= 0.3 is 12.0 Å². The number of hydrogen-bond donors (Lipinski definition) is 2. The number of para-hydroxylation sites is 1. The molecular weight excluding hydrogens is 346 g/mol. The molecule has 3 aliphatic rings. The van der Waals surface area contributed by atoms with Gasteiger partial charge in [-0.15, -0.1) is 0 Å². The van der Waals surface area contributed by atoms with Gasteiger partial charge in [-0.2, -0.15) is 0 Å². The first-order valence-corrected chi connectivity index (χ1v) is 9.59. The van der Waals surface area contributed by atoms with Gasteiger partial charge < -0.3 is 20.2 Å². The summed E-state index contributed by atoms with van der Waals surface area (Å²) in [5.41, 5.74) is 0.0210. The number of aliphatic carboxylic acids is 1. The monoisotopic (exact) mass is 371 g/mol. The zero-order chi connectivity index (χ0) is 19.2. The summed E-state index contributed by atoms with van der Waals surface area (Å²) in [5, 5.41) is 12.5. The van der Waals surface area contributed by atoms with Crippen LogP contribution < -0.4 is 10.2 Å². The van der Waals surface area contributed by atoms with Crippen molar-refractivity contribution in [2.24, 2.45) is 11.3 Å². The smallest absolute Gasteiger partial charge is 0.318 e. The van der Waals surface area contributed by atoms with E-state index in [-0.39, 0.29) is 30.4 Å². The van der Waals surface area contributed by atoms with Crippen LogP contribution in [-0.4, -0.2) is 53.1 Å². The summed E-state index contributed by atoms with van der Waals surface area (Å²) >= 11 is 0. The third-order valence-corrected chi connectivity index (χ3v) is 6.47. The molecule has 3 fully saturated rings. The normalized spacial score (nSPS) is 32.6. The molecule has 2 aliphatic heterocycles. The number of carboxylic acid groups (broad SMARTS) is 1. The van der Waals surface area contributed by atoms with Crippen LogP contribution in [0, 0.1) is 11.3 Å². The molecule has 2 N–H and O–H groups in total. The highest BCUT2D eigenvalue weighted by atomic mass is 16.4. The van der Waals surface area contributed by atoms with E-state index in [1.54, 1.807) is 9.80 Å². The number of anilines is 1. The van der Waals surface area contributed by atoms with Gasteiger partial charge in [0.15, 0.2) is 0 Å². The summed E-state index contributed by atoms with van der Waals surface area (Å²) in [4.78, 5) is 40.7. The number of carboxylic acids is 1. The molecule has 7 heteroatoms. The molecular formula is C20H25N3O4. The molecule has 0 radical (unpaired) electrons. The molecule has 0 spiro atoms. The quantitative estimate of drug-likeness (QED) is 0.851. The maximum atomic E-state index is 12.8. The summed E-state index contributed by atoms with van der Waals surface area (Å²) in [5.74, 6) is -0.907. The predicted molar refractivity (Wildman–Crippen MR) is 99.3 cm³/mol. The largest absolute Gasteiger partial charge is 0.481 e. The first-order chi connectivity index (χ1) is 12.9. The van der Waals surface area contributed by atoms with Crippen molar-refractivity contribution in [1.82, 2.24) is 10.2 Å². The Bertz CT molecular complexity index is 768. The number of urea groups is 1. The van der Waals surface area contributed by atoms with E-state index in [1.165, 1.54) is 0 Å². The van der Waals surface area contributed by atoms with Gasteiger partial charge in [-0.05, 0) is 44.2 Å². The molecule has 0 aromatic heterocycles.